The average Bonchev–Trinajstić information content (AvgIpc) is 3.04. The van der Waals surface area contributed by atoms with Crippen LogP contribution in [0.25, 0.3) is 0 Å². The third-order valence-electron chi connectivity index (χ3n) is 6.39. The van der Waals surface area contributed by atoms with Crippen molar-refractivity contribution in [1.29, 1.82) is 0 Å². The van der Waals surface area contributed by atoms with Gasteiger partial charge in [-0.05, 0) is 72.1 Å². The van der Waals surface area contributed by atoms with Gasteiger partial charge in [0.25, 0.3) is 21.8 Å². The molecule has 2 amide bonds. The van der Waals surface area contributed by atoms with Crippen molar-refractivity contribution in [2.45, 2.75) is 17.5 Å². The molecule has 240 valence electrons. The van der Waals surface area contributed by atoms with E-state index < -0.39 is 44.9 Å². The number of carbonyl (C=O) groups excluding carboxylic acids is 2. The number of benzene rings is 4. The van der Waals surface area contributed by atoms with Crippen LogP contribution in [0.1, 0.15) is 16.7 Å². The maximum Gasteiger partial charge on any atom is 0.417 e. The molecule has 4 aromatic carbocycles. The van der Waals surface area contributed by atoms with Crippen molar-refractivity contribution < 1.29 is 35.9 Å². The standard InChI is InChI=1S/C32H28ClF3N4O5S/c33-29-16-13-25(19-28(29)32(34,35)36)40(46(43,44)27-9-5-2-6-10-27)21-30(41)39-38-20-24-11-14-26(15-12-24)45-22-31(42)37-18-17-23-7-3-1-4-8-23/h1-16,19-20H,17-18,21-22H2,(H,37,42)(H,39,41)/b38-20-. The first-order valence-electron chi connectivity index (χ1n) is 13.7. The third kappa shape index (κ3) is 9.56. The Balaban J connectivity index is 1.36. The van der Waals surface area contributed by atoms with Gasteiger partial charge in [-0.15, -0.1) is 0 Å². The van der Waals surface area contributed by atoms with Crippen LogP contribution in [0.3, 0.4) is 0 Å². The van der Waals surface area contributed by atoms with Gasteiger partial charge >= 0.3 is 6.18 Å². The van der Waals surface area contributed by atoms with Gasteiger partial charge in [0, 0.05) is 6.54 Å². The Kier molecular flexibility index (Phi) is 11.4. The molecule has 9 nitrogen and oxygen atoms in total. The highest BCUT2D eigenvalue weighted by Gasteiger charge is 2.35. The van der Waals surface area contributed by atoms with E-state index in [0.717, 1.165) is 17.7 Å². The summed E-state index contributed by atoms with van der Waals surface area (Å²) in [4.78, 5) is 24.6. The Bertz CT molecular complexity index is 1770. The monoisotopic (exact) mass is 672 g/mol. The van der Waals surface area contributed by atoms with Gasteiger partial charge in [0.2, 0.25) is 0 Å². The zero-order chi connectivity index (χ0) is 33.2. The zero-order valence-corrected chi connectivity index (χ0v) is 25.6. The quantitative estimate of drug-likeness (QED) is 0.145. The normalized spacial score (nSPS) is 11.7. The number of hydrogen-bond acceptors (Lipinski definition) is 6. The maximum absolute atomic E-state index is 13.5. The molecule has 4 aromatic rings. The van der Waals surface area contributed by atoms with Crippen LogP contribution in [0, 0.1) is 0 Å². The lowest BCUT2D eigenvalue weighted by atomic mass is 10.1. The highest BCUT2D eigenvalue weighted by atomic mass is 35.5. The number of ether oxygens (including phenoxy) is 1. The number of rotatable bonds is 13. The smallest absolute Gasteiger partial charge is 0.417 e. The van der Waals surface area contributed by atoms with Gasteiger partial charge in [0.05, 0.1) is 27.4 Å². The van der Waals surface area contributed by atoms with Gasteiger partial charge in [-0.1, -0.05) is 60.1 Å². The van der Waals surface area contributed by atoms with Gasteiger partial charge in [0.1, 0.15) is 12.3 Å². The van der Waals surface area contributed by atoms with Gasteiger partial charge in [-0.3, -0.25) is 13.9 Å². The first kappa shape index (κ1) is 34.0. The van der Waals surface area contributed by atoms with E-state index >= 15 is 0 Å². The molecule has 46 heavy (non-hydrogen) atoms. The molecule has 0 aromatic heterocycles. The predicted molar refractivity (Wildman–Crippen MR) is 168 cm³/mol. The topological polar surface area (TPSA) is 117 Å². The molecular formula is C32H28ClF3N4O5S. The Hall–Kier alpha value is -4.88. The van der Waals surface area contributed by atoms with Crippen molar-refractivity contribution in [3.05, 3.63) is 125 Å². The van der Waals surface area contributed by atoms with E-state index in [-0.39, 0.29) is 17.4 Å². The van der Waals surface area contributed by atoms with Crippen molar-refractivity contribution in [2.24, 2.45) is 5.10 Å². The third-order valence-corrected chi connectivity index (χ3v) is 8.51. The molecule has 0 atom stereocenters. The molecule has 0 bridgehead atoms. The summed E-state index contributed by atoms with van der Waals surface area (Å²) >= 11 is 5.72. The van der Waals surface area contributed by atoms with Crippen LogP contribution in [-0.2, 0) is 32.2 Å². The largest absolute Gasteiger partial charge is 0.484 e. The molecule has 4 rings (SSSR count). The minimum Gasteiger partial charge on any atom is -0.484 e. The van der Waals surface area contributed by atoms with Gasteiger partial charge < -0.3 is 10.1 Å². The zero-order valence-electron chi connectivity index (χ0n) is 24.1. The second-order valence-electron chi connectivity index (χ2n) is 9.72. The number of alkyl halides is 3. The molecule has 0 aliphatic rings. The summed E-state index contributed by atoms with van der Waals surface area (Å²) in [5, 5.41) is 5.98. The van der Waals surface area contributed by atoms with Gasteiger partial charge in [0.15, 0.2) is 6.61 Å². The molecule has 0 aliphatic carbocycles. The maximum atomic E-state index is 13.5. The van der Waals surface area contributed by atoms with E-state index in [1.807, 2.05) is 30.3 Å². The van der Waals surface area contributed by atoms with E-state index in [9.17, 15) is 31.2 Å². The lowest BCUT2D eigenvalue weighted by Gasteiger charge is -2.24. The number of halogens is 4. The van der Waals surface area contributed by atoms with Crippen molar-refractivity contribution in [1.82, 2.24) is 10.7 Å². The number of hydrazone groups is 1. The SMILES string of the molecule is O=C(COc1ccc(/C=N\NC(=O)CN(c2ccc(Cl)c(C(F)(F)F)c2)S(=O)(=O)c2ccccc2)cc1)NCCc1ccccc1. The Labute approximate surface area is 268 Å². The minimum atomic E-state index is -4.86. The van der Waals surface area contributed by atoms with Crippen LogP contribution in [-0.4, -0.2) is 46.1 Å². The highest BCUT2D eigenvalue weighted by Crippen LogP contribution is 2.38. The lowest BCUT2D eigenvalue weighted by Crippen LogP contribution is -2.39. The molecule has 0 radical (unpaired) electrons. The fraction of sp³-hybridized carbons (Fsp3) is 0.156. The number of nitrogens with one attached hydrogen (secondary N) is 2. The summed E-state index contributed by atoms with van der Waals surface area (Å²) < 4.78 is 73.4. The number of anilines is 1. The molecule has 2 N–H and O–H groups in total. The lowest BCUT2D eigenvalue weighted by molar-refractivity contribution is -0.137. The summed E-state index contributed by atoms with van der Waals surface area (Å²) in [6, 6.07) is 25.6. The van der Waals surface area contributed by atoms with Gasteiger partial charge in [-0.25, -0.2) is 13.8 Å². The molecule has 0 aliphatic heterocycles. The van der Waals surface area contributed by atoms with Crippen LogP contribution < -0.4 is 19.8 Å². The van der Waals surface area contributed by atoms with E-state index in [1.54, 1.807) is 30.3 Å². The van der Waals surface area contributed by atoms with E-state index in [2.05, 4.69) is 15.8 Å². The molecule has 0 saturated carbocycles. The van der Waals surface area contributed by atoms with Crippen LogP contribution in [0.15, 0.2) is 113 Å². The van der Waals surface area contributed by atoms with Crippen LogP contribution in [0.5, 0.6) is 5.75 Å². The number of amides is 2. The Morgan fingerprint density at radius 3 is 2.20 bits per heavy atom. The molecule has 14 heteroatoms. The second kappa shape index (κ2) is 15.4. The van der Waals surface area contributed by atoms with Crippen molar-refractivity contribution in [2.75, 3.05) is 24.0 Å². The summed E-state index contributed by atoms with van der Waals surface area (Å²) in [7, 11) is -4.47. The Morgan fingerprint density at radius 2 is 1.54 bits per heavy atom. The molecule has 0 heterocycles. The van der Waals surface area contributed by atoms with Crippen LogP contribution in [0.2, 0.25) is 5.02 Å². The van der Waals surface area contributed by atoms with E-state index in [0.29, 0.717) is 34.7 Å². The van der Waals surface area contributed by atoms with Gasteiger partial charge in [-0.2, -0.15) is 18.3 Å². The summed E-state index contributed by atoms with van der Waals surface area (Å²) in [5.74, 6) is -0.777. The summed E-state index contributed by atoms with van der Waals surface area (Å²) in [5.41, 5.74) is 2.15. The molecule has 0 saturated heterocycles. The Morgan fingerprint density at radius 1 is 0.891 bits per heavy atom. The molecule has 0 unspecified atom stereocenters. The predicted octanol–water partition coefficient (Wildman–Crippen LogP) is 5.44. The van der Waals surface area contributed by atoms with Crippen molar-refractivity contribution in [3.63, 3.8) is 0 Å². The van der Waals surface area contributed by atoms with Crippen molar-refractivity contribution in [3.8, 4) is 5.75 Å². The number of hydrogen-bond donors (Lipinski definition) is 2. The molecular weight excluding hydrogens is 645 g/mol. The number of sulfonamides is 1. The second-order valence-corrected chi connectivity index (χ2v) is 12.0. The summed E-state index contributed by atoms with van der Waals surface area (Å²) in [6.07, 6.45) is -2.90. The fourth-order valence-corrected chi connectivity index (χ4v) is 5.76. The van der Waals surface area contributed by atoms with Crippen molar-refractivity contribution >= 4 is 45.3 Å². The first-order valence-corrected chi connectivity index (χ1v) is 15.6. The fourth-order valence-electron chi connectivity index (χ4n) is 4.11. The number of nitrogens with zero attached hydrogens (tertiary/aromatic N) is 2. The molecule has 0 fully saturated rings. The summed E-state index contributed by atoms with van der Waals surface area (Å²) in [6.45, 7) is -0.593. The van der Waals surface area contributed by atoms with Crippen LogP contribution in [0.4, 0.5) is 18.9 Å². The number of carbonyl (C=O) groups is 2. The molecule has 0 spiro atoms. The highest BCUT2D eigenvalue weighted by molar-refractivity contribution is 7.92. The first-order chi connectivity index (χ1) is 21.9. The average molecular weight is 673 g/mol. The van der Waals surface area contributed by atoms with Crippen LogP contribution >= 0.6 is 11.6 Å². The van der Waals surface area contributed by atoms with E-state index in [1.165, 1.54) is 30.5 Å². The minimum absolute atomic E-state index is 0.182. The van der Waals surface area contributed by atoms with E-state index in [4.69, 9.17) is 16.3 Å².